The van der Waals surface area contributed by atoms with E-state index in [0.29, 0.717) is 4.91 Å². The summed E-state index contributed by atoms with van der Waals surface area (Å²) >= 11 is 6.83. The molecular weight excluding hydrogens is 349 g/mol. The normalized spacial score (nSPS) is 16.3. The van der Waals surface area contributed by atoms with Gasteiger partial charge < -0.3 is 0 Å². The predicted octanol–water partition coefficient (Wildman–Crippen LogP) is 5.02. The maximum absolute atomic E-state index is 13.9. The van der Waals surface area contributed by atoms with E-state index in [1.807, 2.05) is 31.2 Å². The fraction of sp³-hybridized carbons (Fsp3) is 0.111. The molecule has 2 aromatic carbocycles. The summed E-state index contributed by atoms with van der Waals surface area (Å²) in [6, 6.07) is 11.8. The molecule has 0 atom stereocenters. The number of carbonyl (C=O) groups excluding carboxylic acids is 2. The van der Waals surface area contributed by atoms with Gasteiger partial charge in [-0.2, -0.15) is 0 Å². The quantitative estimate of drug-likeness (QED) is 0.720. The average Bonchev–Trinajstić information content (AvgIpc) is 2.80. The largest absolute Gasteiger partial charge is 0.293 e. The van der Waals surface area contributed by atoms with Crippen LogP contribution in [0, 0.1) is 12.7 Å². The van der Waals surface area contributed by atoms with Crippen molar-refractivity contribution >= 4 is 40.6 Å². The van der Waals surface area contributed by atoms with Crippen LogP contribution in [-0.4, -0.2) is 16.0 Å². The second-order valence-electron chi connectivity index (χ2n) is 5.32. The maximum atomic E-state index is 13.9. The van der Waals surface area contributed by atoms with Gasteiger partial charge in [0.2, 0.25) is 0 Å². The van der Waals surface area contributed by atoms with Crippen LogP contribution < -0.4 is 0 Å². The molecule has 1 aliphatic heterocycles. The lowest BCUT2D eigenvalue weighted by Gasteiger charge is -2.14. The van der Waals surface area contributed by atoms with E-state index >= 15 is 0 Å². The monoisotopic (exact) mass is 361 g/mol. The molecule has 0 spiro atoms. The van der Waals surface area contributed by atoms with Crippen molar-refractivity contribution in [2.75, 3.05) is 0 Å². The molecule has 3 nitrogen and oxygen atoms in total. The molecule has 0 radical (unpaired) electrons. The first-order valence-corrected chi connectivity index (χ1v) is 8.40. The minimum absolute atomic E-state index is 0.138. The smallest absolute Gasteiger partial charge is 0.268 e. The summed E-state index contributed by atoms with van der Waals surface area (Å²) in [7, 11) is 0. The number of nitrogens with zero attached hydrogens (tertiary/aromatic N) is 1. The number of carbonyl (C=O) groups is 2. The molecule has 122 valence electrons. The van der Waals surface area contributed by atoms with E-state index in [1.54, 1.807) is 6.08 Å². The van der Waals surface area contributed by atoms with Gasteiger partial charge in [-0.25, -0.2) is 4.39 Å². The molecule has 24 heavy (non-hydrogen) atoms. The number of amides is 2. The Morgan fingerprint density at radius 3 is 2.62 bits per heavy atom. The number of benzene rings is 2. The molecule has 0 bridgehead atoms. The van der Waals surface area contributed by atoms with Gasteiger partial charge >= 0.3 is 0 Å². The first-order valence-electron chi connectivity index (χ1n) is 7.21. The summed E-state index contributed by atoms with van der Waals surface area (Å²) in [5.41, 5.74) is 2.01. The van der Waals surface area contributed by atoms with Crippen molar-refractivity contribution in [2.45, 2.75) is 13.5 Å². The first-order chi connectivity index (χ1) is 11.5. The van der Waals surface area contributed by atoms with Gasteiger partial charge in [0, 0.05) is 10.6 Å². The Bertz CT molecular complexity index is 846. The van der Waals surface area contributed by atoms with Crippen LogP contribution in [0.1, 0.15) is 16.7 Å². The van der Waals surface area contributed by atoms with Crippen LogP contribution in [-0.2, 0) is 11.3 Å². The topological polar surface area (TPSA) is 37.4 Å². The third-order valence-electron chi connectivity index (χ3n) is 3.73. The van der Waals surface area contributed by atoms with Gasteiger partial charge in [0.15, 0.2) is 0 Å². The lowest BCUT2D eigenvalue weighted by molar-refractivity contribution is -0.123. The van der Waals surface area contributed by atoms with Crippen molar-refractivity contribution in [3.05, 3.63) is 74.9 Å². The van der Waals surface area contributed by atoms with E-state index < -0.39 is 17.0 Å². The Morgan fingerprint density at radius 2 is 1.92 bits per heavy atom. The van der Waals surface area contributed by atoms with Crippen LogP contribution in [0.4, 0.5) is 9.18 Å². The number of hydrogen-bond donors (Lipinski definition) is 0. The van der Waals surface area contributed by atoms with Crippen molar-refractivity contribution in [3.8, 4) is 0 Å². The second-order valence-corrected chi connectivity index (χ2v) is 6.73. The van der Waals surface area contributed by atoms with Gasteiger partial charge in [0.1, 0.15) is 5.82 Å². The van der Waals surface area contributed by atoms with Crippen LogP contribution in [0.15, 0.2) is 47.4 Å². The minimum Gasteiger partial charge on any atom is -0.268 e. The minimum atomic E-state index is -0.538. The molecule has 1 aliphatic rings. The molecule has 1 saturated heterocycles. The molecule has 3 rings (SSSR count). The van der Waals surface area contributed by atoms with E-state index in [0.717, 1.165) is 27.8 Å². The van der Waals surface area contributed by atoms with E-state index in [4.69, 9.17) is 11.6 Å². The van der Waals surface area contributed by atoms with E-state index in [2.05, 4.69) is 0 Å². The standard InChI is InChI=1S/C18H13ClFNO2S/c1-11-5-2-3-6-12(11)9-16-17(22)21(18(23)24-16)10-13-14(19)7-4-8-15(13)20/h2-9H,10H2,1H3/b16-9-. The molecule has 0 saturated carbocycles. The van der Waals surface area contributed by atoms with Gasteiger partial charge in [0.05, 0.1) is 11.4 Å². The van der Waals surface area contributed by atoms with Gasteiger partial charge in [-0.15, -0.1) is 0 Å². The number of thioether (sulfide) groups is 1. The van der Waals surface area contributed by atoms with Crippen molar-refractivity contribution in [3.63, 3.8) is 0 Å². The molecule has 0 aliphatic carbocycles. The highest BCUT2D eigenvalue weighted by Gasteiger charge is 2.35. The van der Waals surface area contributed by atoms with Crippen LogP contribution in [0.3, 0.4) is 0 Å². The van der Waals surface area contributed by atoms with Gasteiger partial charge in [-0.3, -0.25) is 14.5 Å². The molecule has 0 aromatic heterocycles. The Hall–Kier alpha value is -2.11. The zero-order chi connectivity index (χ0) is 17.3. The Morgan fingerprint density at radius 1 is 1.17 bits per heavy atom. The number of imide groups is 1. The number of hydrogen-bond acceptors (Lipinski definition) is 3. The molecule has 2 amide bonds. The second kappa shape index (κ2) is 6.79. The van der Waals surface area contributed by atoms with Crippen molar-refractivity contribution in [2.24, 2.45) is 0 Å². The lowest BCUT2D eigenvalue weighted by atomic mass is 10.1. The third-order valence-corrected chi connectivity index (χ3v) is 4.99. The summed E-state index contributed by atoms with van der Waals surface area (Å²) < 4.78 is 13.9. The maximum Gasteiger partial charge on any atom is 0.293 e. The molecule has 1 heterocycles. The molecule has 0 N–H and O–H groups in total. The summed E-state index contributed by atoms with van der Waals surface area (Å²) in [6.45, 7) is 1.75. The Labute approximate surface area is 148 Å². The van der Waals surface area contributed by atoms with E-state index in [9.17, 15) is 14.0 Å². The zero-order valence-electron chi connectivity index (χ0n) is 12.8. The zero-order valence-corrected chi connectivity index (χ0v) is 14.3. The van der Waals surface area contributed by atoms with E-state index in [-0.39, 0.29) is 17.1 Å². The fourth-order valence-electron chi connectivity index (χ4n) is 2.37. The highest BCUT2D eigenvalue weighted by Crippen LogP contribution is 2.34. The van der Waals surface area contributed by atoms with Gasteiger partial charge in [-0.1, -0.05) is 41.9 Å². The van der Waals surface area contributed by atoms with Crippen molar-refractivity contribution in [1.82, 2.24) is 4.90 Å². The Balaban J connectivity index is 1.89. The molecule has 6 heteroatoms. The highest BCUT2D eigenvalue weighted by atomic mass is 35.5. The van der Waals surface area contributed by atoms with Gasteiger partial charge in [-0.05, 0) is 48.0 Å². The first kappa shape index (κ1) is 16.7. The average molecular weight is 362 g/mol. The molecule has 0 unspecified atom stereocenters. The summed E-state index contributed by atoms with van der Waals surface area (Å²) in [6.07, 6.45) is 1.68. The van der Waals surface area contributed by atoms with Gasteiger partial charge in [0.25, 0.3) is 11.1 Å². The summed E-state index contributed by atoms with van der Waals surface area (Å²) in [5.74, 6) is -0.975. The van der Waals surface area contributed by atoms with Crippen LogP contribution in [0.5, 0.6) is 0 Å². The van der Waals surface area contributed by atoms with Crippen molar-refractivity contribution < 1.29 is 14.0 Å². The fourth-order valence-corrected chi connectivity index (χ4v) is 3.42. The molecular formula is C18H13ClFNO2S. The molecule has 1 fully saturated rings. The van der Waals surface area contributed by atoms with Crippen molar-refractivity contribution in [1.29, 1.82) is 0 Å². The number of rotatable bonds is 3. The van der Waals surface area contributed by atoms with Crippen LogP contribution in [0.25, 0.3) is 6.08 Å². The predicted molar refractivity (Wildman–Crippen MR) is 94.1 cm³/mol. The van der Waals surface area contributed by atoms with Crippen LogP contribution in [0.2, 0.25) is 5.02 Å². The lowest BCUT2D eigenvalue weighted by Crippen LogP contribution is -2.28. The molecule has 2 aromatic rings. The van der Waals surface area contributed by atoms with E-state index in [1.165, 1.54) is 18.2 Å². The number of aryl methyl sites for hydroxylation is 1. The number of halogens is 2. The SMILES string of the molecule is Cc1ccccc1/C=C1\SC(=O)N(Cc2c(F)cccc2Cl)C1=O. The summed E-state index contributed by atoms with van der Waals surface area (Å²) in [4.78, 5) is 26.0. The Kier molecular flexibility index (Phi) is 4.73. The highest BCUT2D eigenvalue weighted by molar-refractivity contribution is 8.18. The van der Waals surface area contributed by atoms with Crippen LogP contribution >= 0.6 is 23.4 Å². The summed E-state index contributed by atoms with van der Waals surface area (Å²) in [5, 5.41) is -0.240. The third kappa shape index (κ3) is 3.23.